The fourth-order valence-electron chi connectivity index (χ4n) is 1.64. The van der Waals surface area contributed by atoms with Crippen LogP contribution in [0.1, 0.15) is 38.5 Å². The highest BCUT2D eigenvalue weighted by Crippen LogP contribution is 2.39. The first-order valence-electron chi connectivity index (χ1n) is 6.08. The zero-order valence-corrected chi connectivity index (χ0v) is 11.4. The Bertz CT molecular complexity index is 196. The molecule has 0 aromatic carbocycles. The van der Waals surface area contributed by atoms with Gasteiger partial charge in [-0.1, -0.05) is 28.0 Å². The Morgan fingerprint density at radius 3 is 2.94 bits per heavy atom. The Balaban J connectivity index is 1.87. The second-order valence-electron chi connectivity index (χ2n) is 4.07. The zero-order valence-electron chi connectivity index (χ0n) is 9.74. The maximum atomic E-state index is 11.4. The minimum Gasteiger partial charge on any atom is -0.356 e. The zero-order chi connectivity index (χ0) is 11.6. The maximum Gasteiger partial charge on any atom is 0.219 e. The Hall–Kier alpha value is 0.130. The molecule has 1 fully saturated rings. The molecule has 1 rings (SSSR count). The van der Waals surface area contributed by atoms with Crippen molar-refractivity contribution in [3.8, 4) is 0 Å². The van der Waals surface area contributed by atoms with E-state index in [1.807, 2.05) is 21.6 Å². The molecule has 0 aromatic rings. The van der Waals surface area contributed by atoms with E-state index < -0.39 is 0 Å². The third kappa shape index (κ3) is 6.66. The van der Waals surface area contributed by atoms with Crippen molar-refractivity contribution < 1.29 is 4.79 Å². The molecule has 1 aliphatic rings. The van der Waals surface area contributed by atoms with Crippen LogP contribution in [0, 0.1) is 0 Å². The van der Waals surface area contributed by atoms with Crippen molar-refractivity contribution in [2.75, 3.05) is 18.8 Å². The third-order valence-corrected chi connectivity index (χ3v) is 5.62. The average molecular weight is 262 g/mol. The van der Waals surface area contributed by atoms with Gasteiger partial charge in [0.2, 0.25) is 5.91 Å². The van der Waals surface area contributed by atoms with Crippen LogP contribution < -0.4 is 11.1 Å². The van der Waals surface area contributed by atoms with Crippen LogP contribution in [0.25, 0.3) is 0 Å². The minimum atomic E-state index is 0.182. The summed E-state index contributed by atoms with van der Waals surface area (Å²) in [4.78, 5) is 11.4. The van der Waals surface area contributed by atoms with E-state index in [4.69, 9.17) is 5.73 Å². The van der Waals surface area contributed by atoms with E-state index in [-0.39, 0.29) is 5.91 Å². The van der Waals surface area contributed by atoms with Crippen LogP contribution in [-0.2, 0) is 4.79 Å². The number of nitrogens with two attached hydrogens (primary N) is 1. The second-order valence-corrected chi connectivity index (χ2v) is 6.85. The van der Waals surface area contributed by atoms with Gasteiger partial charge in [0.25, 0.3) is 0 Å². The summed E-state index contributed by atoms with van der Waals surface area (Å²) in [7, 11) is 4.01. The molecule has 1 saturated heterocycles. The summed E-state index contributed by atoms with van der Waals surface area (Å²) in [5.41, 5.74) is 5.35. The van der Waals surface area contributed by atoms with Gasteiger partial charge in [0.1, 0.15) is 0 Å². The molecule has 94 valence electrons. The van der Waals surface area contributed by atoms with E-state index in [9.17, 15) is 4.79 Å². The topological polar surface area (TPSA) is 55.1 Å². The highest BCUT2D eigenvalue weighted by Gasteiger charge is 2.15. The first-order valence-corrected chi connectivity index (χ1v) is 8.46. The van der Waals surface area contributed by atoms with E-state index in [1.165, 1.54) is 25.0 Å². The minimum absolute atomic E-state index is 0.182. The molecule has 1 atom stereocenters. The van der Waals surface area contributed by atoms with Gasteiger partial charge in [-0.05, 0) is 32.2 Å². The summed E-state index contributed by atoms with van der Waals surface area (Å²) in [6, 6.07) is 0. The highest BCUT2D eigenvalue weighted by atomic mass is 33.1. The van der Waals surface area contributed by atoms with Crippen molar-refractivity contribution in [3.63, 3.8) is 0 Å². The summed E-state index contributed by atoms with van der Waals surface area (Å²) in [5, 5.41) is 3.72. The molecule has 1 unspecified atom stereocenters. The maximum absolute atomic E-state index is 11.4. The Kier molecular flexibility index (Phi) is 8.15. The summed E-state index contributed by atoms with van der Waals surface area (Å²) in [6.07, 6.45) is 6.38. The van der Waals surface area contributed by atoms with Gasteiger partial charge in [-0.3, -0.25) is 4.79 Å². The van der Waals surface area contributed by atoms with Gasteiger partial charge in [-0.25, -0.2) is 0 Å². The molecule has 0 radical (unpaired) electrons. The fraction of sp³-hybridized carbons (Fsp3) is 0.909. The van der Waals surface area contributed by atoms with Crippen LogP contribution in [0.15, 0.2) is 0 Å². The van der Waals surface area contributed by atoms with E-state index in [2.05, 4.69) is 5.32 Å². The summed E-state index contributed by atoms with van der Waals surface area (Å²) >= 11 is 0. The van der Waals surface area contributed by atoms with Crippen LogP contribution in [-0.4, -0.2) is 30.0 Å². The molecular weight excluding hydrogens is 240 g/mol. The monoisotopic (exact) mass is 262 g/mol. The number of carbonyl (C=O) groups excluding carboxylic acids is 1. The van der Waals surface area contributed by atoms with Gasteiger partial charge in [0.05, 0.1) is 0 Å². The molecule has 1 heterocycles. The standard InChI is InChI=1S/C11H22N2OS2/c12-7-3-8-13-11(14)5-2-1-4-10-6-9-15-16-10/h10H,1-9,12H2,(H,13,14). The highest BCUT2D eigenvalue weighted by molar-refractivity contribution is 8.77. The number of nitrogens with one attached hydrogen (secondary N) is 1. The molecule has 0 saturated carbocycles. The molecule has 1 amide bonds. The Labute approximate surface area is 106 Å². The lowest BCUT2D eigenvalue weighted by Gasteiger charge is -2.07. The van der Waals surface area contributed by atoms with Crippen LogP contribution in [0.4, 0.5) is 0 Å². The normalized spacial score (nSPS) is 19.9. The van der Waals surface area contributed by atoms with E-state index in [0.29, 0.717) is 13.0 Å². The Morgan fingerprint density at radius 1 is 1.38 bits per heavy atom. The Morgan fingerprint density at radius 2 is 2.25 bits per heavy atom. The second kappa shape index (κ2) is 9.19. The molecule has 3 N–H and O–H groups in total. The van der Waals surface area contributed by atoms with E-state index in [1.54, 1.807) is 0 Å². The van der Waals surface area contributed by atoms with Crippen LogP contribution in [0.3, 0.4) is 0 Å². The quantitative estimate of drug-likeness (QED) is 0.520. The smallest absolute Gasteiger partial charge is 0.219 e. The van der Waals surface area contributed by atoms with E-state index in [0.717, 1.165) is 24.6 Å². The summed E-state index contributed by atoms with van der Waals surface area (Å²) in [6.45, 7) is 1.38. The van der Waals surface area contributed by atoms with Crippen molar-refractivity contribution in [1.29, 1.82) is 0 Å². The first kappa shape index (κ1) is 14.2. The van der Waals surface area contributed by atoms with Crippen molar-refractivity contribution in [3.05, 3.63) is 0 Å². The number of carbonyl (C=O) groups is 1. The van der Waals surface area contributed by atoms with Crippen molar-refractivity contribution in [2.24, 2.45) is 5.73 Å². The SMILES string of the molecule is NCCCNC(=O)CCCCC1CCSS1. The molecule has 0 aliphatic carbocycles. The average Bonchev–Trinajstić information content (AvgIpc) is 2.78. The fourth-order valence-corrected chi connectivity index (χ4v) is 4.67. The van der Waals surface area contributed by atoms with Crippen molar-refractivity contribution >= 4 is 27.5 Å². The summed E-state index contributed by atoms with van der Waals surface area (Å²) in [5.74, 6) is 1.48. The number of rotatable bonds is 8. The molecule has 0 bridgehead atoms. The largest absolute Gasteiger partial charge is 0.356 e. The van der Waals surface area contributed by atoms with Crippen LogP contribution >= 0.6 is 21.6 Å². The third-order valence-electron chi connectivity index (χ3n) is 2.61. The van der Waals surface area contributed by atoms with Gasteiger partial charge in [-0.15, -0.1) is 0 Å². The molecule has 0 spiro atoms. The van der Waals surface area contributed by atoms with Gasteiger partial charge >= 0.3 is 0 Å². The first-order chi connectivity index (χ1) is 7.83. The predicted octanol–water partition coefficient (Wildman–Crippen LogP) is 2.17. The van der Waals surface area contributed by atoms with Gasteiger partial charge < -0.3 is 11.1 Å². The predicted molar refractivity (Wildman–Crippen MR) is 73.6 cm³/mol. The molecule has 1 aliphatic heterocycles. The van der Waals surface area contributed by atoms with Crippen molar-refractivity contribution in [2.45, 2.75) is 43.8 Å². The lowest BCUT2D eigenvalue weighted by atomic mass is 10.1. The van der Waals surface area contributed by atoms with Crippen molar-refractivity contribution in [1.82, 2.24) is 5.32 Å². The van der Waals surface area contributed by atoms with Crippen LogP contribution in [0.2, 0.25) is 0 Å². The number of unbranched alkanes of at least 4 members (excludes halogenated alkanes) is 1. The molecule has 3 nitrogen and oxygen atoms in total. The number of amides is 1. The van der Waals surface area contributed by atoms with Gasteiger partial charge in [0.15, 0.2) is 0 Å². The van der Waals surface area contributed by atoms with Crippen LogP contribution in [0.5, 0.6) is 0 Å². The van der Waals surface area contributed by atoms with Gasteiger partial charge in [-0.2, -0.15) is 0 Å². The lowest BCUT2D eigenvalue weighted by Crippen LogP contribution is -2.25. The molecule has 5 heteroatoms. The number of hydrogen-bond acceptors (Lipinski definition) is 4. The summed E-state index contributed by atoms with van der Waals surface area (Å²) < 4.78 is 0. The van der Waals surface area contributed by atoms with Gasteiger partial charge in [0, 0.05) is 24.0 Å². The molecule has 0 aromatic heterocycles. The number of hydrogen-bond donors (Lipinski definition) is 2. The lowest BCUT2D eigenvalue weighted by molar-refractivity contribution is -0.121. The molecular formula is C11H22N2OS2. The molecule has 16 heavy (non-hydrogen) atoms. The van der Waals surface area contributed by atoms with E-state index >= 15 is 0 Å².